The van der Waals surface area contributed by atoms with Gasteiger partial charge < -0.3 is 11.1 Å². The summed E-state index contributed by atoms with van der Waals surface area (Å²) < 4.78 is 13.4. The average molecular weight is 310 g/mol. The summed E-state index contributed by atoms with van der Waals surface area (Å²) >= 11 is 1.73. The summed E-state index contributed by atoms with van der Waals surface area (Å²) in [5.74, 6) is 0.784. The van der Waals surface area contributed by atoms with Crippen molar-refractivity contribution in [3.63, 3.8) is 0 Å². The molecule has 3 N–H and O–H groups in total. The number of carbonyl (C=O) groups is 1. The number of hydrogen-bond acceptors (Lipinski definition) is 3. The van der Waals surface area contributed by atoms with Crippen molar-refractivity contribution in [2.45, 2.75) is 49.5 Å². The van der Waals surface area contributed by atoms with Crippen LogP contribution in [-0.2, 0) is 4.79 Å². The average Bonchev–Trinajstić information content (AvgIpc) is 2.48. The molecule has 0 saturated heterocycles. The number of rotatable bonds is 7. The van der Waals surface area contributed by atoms with Crippen molar-refractivity contribution in [2.24, 2.45) is 5.73 Å². The first-order chi connectivity index (χ1) is 10.2. The fourth-order valence-corrected chi connectivity index (χ4v) is 3.67. The maximum Gasteiger partial charge on any atom is 0.220 e. The molecule has 1 aliphatic heterocycles. The first-order valence-electron chi connectivity index (χ1n) is 7.62. The van der Waals surface area contributed by atoms with Crippen LogP contribution in [0.25, 0.3) is 0 Å². The van der Waals surface area contributed by atoms with Crippen LogP contribution in [0.15, 0.2) is 23.1 Å². The summed E-state index contributed by atoms with van der Waals surface area (Å²) in [6.07, 6.45) is 5.44. The number of nitrogens with one attached hydrogen (secondary N) is 1. The lowest BCUT2D eigenvalue weighted by Gasteiger charge is -2.26. The molecule has 0 fully saturated rings. The van der Waals surface area contributed by atoms with E-state index in [0.29, 0.717) is 13.0 Å². The Labute approximate surface area is 129 Å². The van der Waals surface area contributed by atoms with Gasteiger partial charge in [-0.15, -0.1) is 11.8 Å². The smallest absolute Gasteiger partial charge is 0.220 e. The molecule has 0 radical (unpaired) electrons. The molecule has 1 amide bonds. The van der Waals surface area contributed by atoms with Gasteiger partial charge in [0.05, 0.1) is 6.04 Å². The number of hydrogen-bond donors (Lipinski definition) is 2. The van der Waals surface area contributed by atoms with E-state index in [1.54, 1.807) is 23.9 Å². The quantitative estimate of drug-likeness (QED) is 0.759. The maximum absolute atomic E-state index is 13.4. The fraction of sp³-hybridized carbons (Fsp3) is 0.562. The minimum Gasteiger partial charge on any atom is -0.349 e. The molecule has 2 rings (SSSR count). The van der Waals surface area contributed by atoms with Gasteiger partial charge in [0.15, 0.2) is 0 Å². The van der Waals surface area contributed by atoms with Gasteiger partial charge in [0.1, 0.15) is 5.82 Å². The van der Waals surface area contributed by atoms with Crippen LogP contribution in [0.5, 0.6) is 0 Å². The largest absolute Gasteiger partial charge is 0.349 e. The van der Waals surface area contributed by atoms with Gasteiger partial charge in [-0.2, -0.15) is 0 Å². The molecular formula is C16H23FN2OS. The van der Waals surface area contributed by atoms with E-state index in [0.717, 1.165) is 48.3 Å². The Morgan fingerprint density at radius 3 is 2.95 bits per heavy atom. The normalized spacial score (nSPS) is 17.3. The highest BCUT2D eigenvalue weighted by Crippen LogP contribution is 2.36. The van der Waals surface area contributed by atoms with E-state index in [-0.39, 0.29) is 17.8 Å². The molecule has 1 atom stereocenters. The maximum atomic E-state index is 13.4. The first kappa shape index (κ1) is 16.3. The summed E-state index contributed by atoms with van der Waals surface area (Å²) in [5.41, 5.74) is 6.36. The topological polar surface area (TPSA) is 55.1 Å². The summed E-state index contributed by atoms with van der Waals surface area (Å²) in [7, 11) is 0. The number of halogens is 1. The molecule has 21 heavy (non-hydrogen) atoms. The molecular weight excluding hydrogens is 287 g/mol. The van der Waals surface area contributed by atoms with Crippen LogP contribution in [0.4, 0.5) is 4.39 Å². The number of unbranched alkanes of at least 4 members (excludes halogenated alkanes) is 3. The highest BCUT2D eigenvalue weighted by molar-refractivity contribution is 7.99. The molecule has 0 aliphatic carbocycles. The predicted octanol–water partition coefficient (Wildman–Crippen LogP) is 3.39. The second-order valence-electron chi connectivity index (χ2n) is 5.39. The second kappa shape index (κ2) is 8.39. The Hall–Kier alpha value is -1.07. The lowest BCUT2D eigenvalue weighted by atomic mass is 10.0. The lowest BCUT2D eigenvalue weighted by Crippen LogP contribution is -2.30. The summed E-state index contributed by atoms with van der Waals surface area (Å²) in [4.78, 5) is 13.1. The van der Waals surface area contributed by atoms with Crippen molar-refractivity contribution in [1.82, 2.24) is 5.32 Å². The van der Waals surface area contributed by atoms with Crippen molar-refractivity contribution in [1.29, 1.82) is 0 Å². The number of carbonyl (C=O) groups excluding carboxylic acids is 1. The monoisotopic (exact) mass is 310 g/mol. The third-order valence-corrected chi connectivity index (χ3v) is 4.83. The third kappa shape index (κ3) is 5.00. The Balaban J connectivity index is 1.83. The van der Waals surface area contributed by atoms with Crippen LogP contribution in [0.2, 0.25) is 0 Å². The van der Waals surface area contributed by atoms with Crippen molar-refractivity contribution in [3.8, 4) is 0 Å². The SMILES string of the molecule is NCCCCCCC(=O)NC1CCSc2ccc(F)cc21. The van der Waals surface area contributed by atoms with Gasteiger partial charge in [0, 0.05) is 17.1 Å². The molecule has 1 aliphatic rings. The minimum atomic E-state index is -0.239. The number of thioether (sulfide) groups is 1. The Kier molecular flexibility index (Phi) is 6.51. The van der Waals surface area contributed by atoms with Gasteiger partial charge in [-0.1, -0.05) is 12.8 Å². The molecule has 1 unspecified atom stereocenters. The highest BCUT2D eigenvalue weighted by Gasteiger charge is 2.22. The van der Waals surface area contributed by atoms with E-state index in [1.807, 2.05) is 0 Å². The first-order valence-corrected chi connectivity index (χ1v) is 8.61. The van der Waals surface area contributed by atoms with E-state index in [4.69, 9.17) is 5.73 Å². The number of amides is 1. The van der Waals surface area contributed by atoms with E-state index in [2.05, 4.69) is 5.32 Å². The van der Waals surface area contributed by atoms with E-state index < -0.39 is 0 Å². The number of nitrogens with two attached hydrogens (primary N) is 1. The number of benzene rings is 1. The highest BCUT2D eigenvalue weighted by atomic mass is 32.2. The standard InChI is InChI=1S/C16H23FN2OS/c17-12-6-7-15-13(11-12)14(8-10-21-15)19-16(20)5-3-1-2-4-9-18/h6-7,11,14H,1-5,8-10,18H2,(H,19,20). The van der Waals surface area contributed by atoms with Gasteiger partial charge in [0.2, 0.25) is 5.91 Å². The molecule has 0 bridgehead atoms. The van der Waals surface area contributed by atoms with Crippen LogP contribution < -0.4 is 11.1 Å². The van der Waals surface area contributed by atoms with Crippen LogP contribution in [-0.4, -0.2) is 18.2 Å². The molecule has 0 saturated carbocycles. The van der Waals surface area contributed by atoms with Crippen molar-refractivity contribution in [3.05, 3.63) is 29.6 Å². The van der Waals surface area contributed by atoms with Crippen LogP contribution >= 0.6 is 11.8 Å². The van der Waals surface area contributed by atoms with E-state index >= 15 is 0 Å². The zero-order valence-electron chi connectivity index (χ0n) is 12.2. The Morgan fingerprint density at radius 2 is 2.14 bits per heavy atom. The summed E-state index contributed by atoms with van der Waals surface area (Å²) in [5, 5.41) is 3.05. The molecule has 1 aromatic carbocycles. The molecule has 5 heteroatoms. The minimum absolute atomic E-state index is 0.0477. The summed E-state index contributed by atoms with van der Waals surface area (Å²) in [6, 6.07) is 4.79. The van der Waals surface area contributed by atoms with Crippen molar-refractivity contribution < 1.29 is 9.18 Å². The van der Waals surface area contributed by atoms with Gasteiger partial charge in [0.25, 0.3) is 0 Å². The van der Waals surface area contributed by atoms with Gasteiger partial charge in [-0.3, -0.25) is 4.79 Å². The van der Waals surface area contributed by atoms with Crippen LogP contribution in [0, 0.1) is 5.82 Å². The Bertz CT molecular complexity index is 481. The van der Waals surface area contributed by atoms with Gasteiger partial charge >= 0.3 is 0 Å². The second-order valence-corrected chi connectivity index (χ2v) is 6.53. The fourth-order valence-electron chi connectivity index (χ4n) is 2.57. The van der Waals surface area contributed by atoms with Gasteiger partial charge in [-0.25, -0.2) is 4.39 Å². The van der Waals surface area contributed by atoms with Crippen molar-refractivity contribution >= 4 is 17.7 Å². The van der Waals surface area contributed by atoms with Crippen LogP contribution in [0.3, 0.4) is 0 Å². The molecule has 1 aromatic rings. The predicted molar refractivity (Wildman–Crippen MR) is 84.8 cm³/mol. The van der Waals surface area contributed by atoms with E-state index in [1.165, 1.54) is 6.07 Å². The molecule has 3 nitrogen and oxygen atoms in total. The summed E-state index contributed by atoms with van der Waals surface area (Å²) in [6.45, 7) is 0.717. The molecule has 0 aromatic heterocycles. The molecule has 1 heterocycles. The van der Waals surface area contributed by atoms with Crippen LogP contribution in [0.1, 0.15) is 50.1 Å². The Morgan fingerprint density at radius 1 is 1.33 bits per heavy atom. The molecule has 0 spiro atoms. The van der Waals surface area contributed by atoms with Crippen molar-refractivity contribution in [2.75, 3.05) is 12.3 Å². The molecule has 116 valence electrons. The third-order valence-electron chi connectivity index (χ3n) is 3.70. The van der Waals surface area contributed by atoms with E-state index in [9.17, 15) is 9.18 Å². The zero-order chi connectivity index (χ0) is 15.1. The lowest BCUT2D eigenvalue weighted by molar-refractivity contribution is -0.122. The number of fused-ring (bicyclic) bond motifs is 1. The zero-order valence-corrected chi connectivity index (χ0v) is 13.1. The van der Waals surface area contributed by atoms with Gasteiger partial charge in [-0.05, 0) is 49.6 Å².